The van der Waals surface area contributed by atoms with E-state index in [0.29, 0.717) is 12.3 Å². The second kappa shape index (κ2) is 7.94. The number of fused-ring (bicyclic) bond motifs is 1. The van der Waals surface area contributed by atoms with Gasteiger partial charge >= 0.3 is 0 Å². The summed E-state index contributed by atoms with van der Waals surface area (Å²) in [4.78, 5) is 26.4. The molecule has 0 saturated carbocycles. The minimum atomic E-state index is -0.650. The number of aryl methyl sites for hydroxylation is 1. The molecular weight excluding hydrogens is 445 g/mol. The Morgan fingerprint density at radius 2 is 2.04 bits per heavy atom. The van der Waals surface area contributed by atoms with Gasteiger partial charge in [0.25, 0.3) is 5.91 Å². The van der Waals surface area contributed by atoms with Gasteiger partial charge in [-0.2, -0.15) is 0 Å². The largest absolute Gasteiger partial charge is 0.477 e. The zero-order valence-corrected chi connectivity index (χ0v) is 16.7. The number of nitrogens with zero attached hydrogens (tertiary/aromatic N) is 1. The van der Waals surface area contributed by atoms with Gasteiger partial charge in [0.05, 0.1) is 18.8 Å². The number of ether oxygens (including phenoxy) is 1. The molecule has 0 spiro atoms. The monoisotopic (exact) mass is 465 g/mol. The van der Waals surface area contributed by atoms with Crippen molar-refractivity contribution in [2.75, 3.05) is 30.4 Å². The molecule has 1 aliphatic rings. The fourth-order valence-corrected chi connectivity index (χ4v) is 3.31. The number of carbonyl (C=O) groups is 2. The van der Waals surface area contributed by atoms with Crippen molar-refractivity contribution in [3.63, 3.8) is 0 Å². The number of benzene rings is 2. The number of hydrogen-bond acceptors (Lipinski definition) is 4. The van der Waals surface area contributed by atoms with E-state index in [1.807, 2.05) is 48.2 Å². The standard InChI is InChI=1S/C19H20IN3O3/c1-12-7-8-13(9-14(12)20)22-18(24)11-23-10-17(19(25)21-2)26-16-6-4-3-5-15(16)23/h3-9,17H,10-11H2,1-2H3,(H,21,25)(H,22,24)/t17-/m0/s1. The third kappa shape index (κ3) is 4.09. The SMILES string of the molecule is CNC(=O)[C@@H]1CN(CC(=O)Nc2ccc(C)c(I)c2)c2ccccc2O1. The summed E-state index contributed by atoms with van der Waals surface area (Å²) in [6.07, 6.45) is -0.650. The lowest BCUT2D eigenvalue weighted by atomic mass is 10.1. The summed E-state index contributed by atoms with van der Waals surface area (Å²) >= 11 is 2.24. The Morgan fingerprint density at radius 1 is 1.27 bits per heavy atom. The molecule has 0 saturated heterocycles. The molecule has 2 aromatic carbocycles. The Morgan fingerprint density at radius 3 is 2.77 bits per heavy atom. The van der Waals surface area contributed by atoms with Crippen LogP contribution in [0.3, 0.4) is 0 Å². The van der Waals surface area contributed by atoms with E-state index in [1.165, 1.54) is 5.56 Å². The molecule has 2 aromatic rings. The van der Waals surface area contributed by atoms with Crippen LogP contribution in [0.1, 0.15) is 5.56 Å². The molecule has 0 aromatic heterocycles. The van der Waals surface area contributed by atoms with Crippen molar-refractivity contribution in [3.8, 4) is 5.75 Å². The van der Waals surface area contributed by atoms with Crippen LogP contribution in [0.2, 0.25) is 0 Å². The van der Waals surface area contributed by atoms with Crippen molar-refractivity contribution in [1.82, 2.24) is 5.32 Å². The summed E-state index contributed by atoms with van der Waals surface area (Å²) in [5.41, 5.74) is 2.73. The normalized spacial score (nSPS) is 15.7. The molecule has 1 heterocycles. The lowest BCUT2D eigenvalue weighted by Crippen LogP contribution is -2.50. The minimum Gasteiger partial charge on any atom is -0.477 e. The van der Waals surface area contributed by atoms with Crippen molar-refractivity contribution in [3.05, 3.63) is 51.6 Å². The van der Waals surface area contributed by atoms with Crippen LogP contribution in [0, 0.1) is 10.5 Å². The molecule has 2 amide bonds. The Labute approximate surface area is 166 Å². The Kier molecular flexibility index (Phi) is 5.65. The highest BCUT2D eigenvalue weighted by atomic mass is 127. The molecule has 0 unspecified atom stereocenters. The first-order valence-electron chi connectivity index (χ1n) is 8.26. The second-order valence-electron chi connectivity index (χ2n) is 6.08. The van der Waals surface area contributed by atoms with Gasteiger partial charge in [-0.25, -0.2) is 0 Å². The predicted molar refractivity (Wildman–Crippen MR) is 110 cm³/mol. The Balaban J connectivity index is 1.75. The van der Waals surface area contributed by atoms with Crippen LogP contribution >= 0.6 is 22.6 Å². The highest BCUT2D eigenvalue weighted by Gasteiger charge is 2.30. The predicted octanol–water partition coefficient (Wildman–Crippen LogP) is 2.55. The summed E-state index contributed by atoms with van der Waals surface area (Å²) in [6, 6.07) is 13.2. The van der Waals surface area contributed by atoms with E-state index >= 15 is 0 Å². The number of anilines is 2. The molecular formula is C19H20IN3O3. The van der Waals surface area contributed by atoms with E-state index in [1.54, 1.807) is 13.1 Å². The molecule has 6 nitrogen and oxygen atoms in total. The van der Waals surface area contributed by atoms with Crippen LogP contribution in [-0.4, -0.2) is 38.1 Å². The lowest BCUT2D eigenvalue weighted by molar-refractivity contribution is -0.127. The number of carbonyl (C=O) groups excluding carboxylic acids is 2. The van der Waals surface area contributed by atoms with Gasteiger partial charge < -0.3 is 20.3 Å². The number of halogens is 1. The van der Waals surface area contributed by atoms with Gasteiger partial charge in [-0.15, -0.1) is 0 Å². The molecule has 1 aliphatic heterocycles. The van der Waals surface area contributed by atoms with Crippen molar-refractivity contribution < 1.29 is 14.3 Å². The molecule has 26 heavy (non-hydrogen) atoms. The summed E-state index contributed by atoms with van der Waals surface area (Å²) in [5.74, 6) is 0.250. The third-order valence-corrected chi connectivity index (χ3v) is 5.35. The molecule has 0 fully saturated rings. The van der Waals surface area contributed by atoms with Crippen LogP contribution in [0.5, 0.6) is 5.75 Å². The summed E-state index contributed by atoms with van der Waals surface area (Å²) in [7, 11) is 1.57. The van der Waals surface area contributed by atoms with Crippen LogP contribution in [0.15, 0.2) is 42.5 Å². The molecule has 0 bridgehead atoms. The van der Waals surface area contributed by atoms with Gasteiger partial charge in [-0.3, -0.25) is 9.59 Å². The summed E-state index contributed by atoms with van der Waals surface area (Å²) in [5, 5.41) is 5.52. The molecule has 0 aliphatic carbocycles. The fourth-order valence-electron chi connectivity index (χ4n) is 2.80. The van der Waals surface area contributed by atoms with Gasteiger partial charge in [-0.1, -0.05) is 18.2 Å². The molecule has 2 N–H and O–H groups in total. The van der Waals surface area contributed by atoms with Gasteiger partial charge in [-0.05, 0) is 59.3 Å². The number of amides is 2. The first-order chi connectivity index (χ1) is 12.5. The van der Waals surface area contributed by atoms with E-state index in [9.17, 15) is 9.59 Å². The second-order valence-corrected chi connectivity index (χ2v) is 7.24. The molecule has 7 heteroatoms. The molecule has 1 atom stereocenters. The first-order valence-corrected chi connectivity index (χ1v) is 9.34. The first kappa shape index (κ1) is 18.5. The van der Waals surface area contributed by atoms with Crippen LogP contribution < -0.4 is 20.3 Å². The molecule has 3 rings (SSSR count). The van der Waals surface area contributed by atoms with Crippen LogP contribution in [0.4, 0.5) is 11.4 Å². The highest BCUT2D eigenvalue weighted by Crippen LogP contribution is 2.33. The topological polar surface area (TPSA) is 70.7 Å². The van der Waals surface area contributed by atoms with E-state index in [4.69, 9.17) is 4.74 Å². The third-order valence-electron chi connectivity index (χ3n) is 4.19. The average Bonchev–Trinajstić information content (AvgIpc) is 2.64. The van der Waals surface area contributed by atoms with E-state index in [0.717, 1.165) is 14.9 Å². The summed E-state index contributed by atoms with van der Waals surface area (Å²) < 4.78 is 6.85. The van der Waals surface area contributed by atoms with Gasteiger partial charge in [0.1, 0.15) is 5.75 Å². The minimum absolute atomic E-state index is 0.137. The maximum atomic E-state index is 12.5. The molecule has 136 valence electrons. The van der Waals surface area contributed by atoms with Crippen molar-refractivity contribution in [2.24, 2.45) is 0 Å². The number of likely N-dealkylation sites (N-methyl/N-ethyl adjacent to an activating group) is 1. The van der Waals surface area contributed by atoms with Gasteiger partial charge in [0, 0.05) is 16.3 Å². The number of rotatable bonds is 4. The van der Waals surface area contributed by atoms with E-state index < -0.39 is 6.10 Å². The van der Waals surface area contributed by atoms with Crippen molar-refractivity contribution >= 4 is 45.8 Å². The van der Waals surface area contributed by atoms with Gasteiger partial charge in [0.2, 0.25) is 5.91 Å². The van der Waals surface area contributed by atoms with Gasteiger partial charge in [0.15, 0.2) is 6.10 Å². The highest BCUT2D eigenvalue weighted by molar-refractivity contribution is 14.1. The summed E-state index contributed by atoms with van der Waals surface area (Å²) in [6.45, 7) is 2.48. The fraction of sp³-hybridized carbons (Fsp3) is 0.263. The number of hydrogen-bond donors (Lipinski definition) is 2. The lowest BCUT2D eigenvalue weighted by Gasteiger charge is -2.35. The smallest absolute Gasteiger partial charge is 0.262 e. The van der Waals surface area contributed by atoms with E-state index in [2.05, 4.69) is 33.2 Å². The number of nitrogens with one attached hydrogen (secondary N) is 2. The average molecular weight is 465 g/mol. The number of para-hydroxylation sites is 2. The van der Waals surface area contributed by atoms with Crippen molar-refractivity contribution in [1.29, 1.82) is 0 Å². The van der Waals surface area contributed by atoms with Crippen LogP contribution in [0.25, 0.3) is 0 Å². The van der Waals surface area contributed by atoms with E-state index in [-0.39, 0.29) is 18.4 Å². The zero-order chi connectivity index (χ0) is 18.7. The van der Waals surface area contributed by atoms with Crippen molar-refractivity contribution in [2.45, 2.75) is 13.0 Å². The Bertz CT molecular complexity index is 841. The zero-order valence-electron chi connectivity index (χ0n) is 14.6. The quantitative estimate of drug-likeness (QED) is 0.682. The Hall–Kier alpha value is -2.29. The maximum absolute atomic E-state index is 12.5. The molecule has 0 radical (unpaired) electrons. The maximum Gasteiger partial charge on any atom is 0.262 e. The van der Waals surface area contributed by atoms with Crippen LogP contribution in [-0.2, 0) is 9.59 Å².